The summed E-state index contributed by atoms with van der Waals surface area (Å²) in [4.78, 5) is 30.9. The Morgan fingerprint density at radius 2 is 1.86 bits per heavy atom. The average Bonchev–Trinajstić information content (AvgIpc) is 3.13. The molecule has 0 saturated carbocycles. The van der Waals surface area contributed by atoms with Gasteiger partial charge in [-0.2, -0.15) is 0 Å². The number of amides is 2. The number of piperidine rings is 1. The van der Waals surface area contributed by atoms with Crippen LogP contribution in [0.25, 0.3) is 22.4 Å². The molecule has 0 radical (unpaired) electrons. The first-order valence-electron chi connectivity index (χ1n) is 12.1. The first-order valence-corrected chi connectivity index (χ1v) is 12.1. The fourth-order valence-corrected chi connectivity index (χ4v) is 4.64. The van der Waals surface area contributed by atoms with Gasteiger partial charge in [0.25, 0.3) is 5.91 Å². The van der Waals surface area contributed by atoms with Crippen molar-refractivity contribution in [1.29, 1.82) is 0 Å². The van der Waals surface area contributed by atoms with Crippen molar-refractivity contribution in [2.24, 2.45) is 5.92 Å². The van der Waals surface area contributed by atoms with Crippen LogP contribution in [0.3, 0.4) is 0 Å². The number of aromatic nitrogens is 2. The van der Waals surface area contributed by atoms with Gasteiger partial charge in [-0.05, 0) is 76.3 Å². The molecule has 9 heteroatoms. The summed E-state index contributed by atoms with van der Waals surface area (Å²) in [7, 11) is 1.40. The zero-order chi connectivity index (χ0) is 26.2. The standard InChI is InChI=1S/C27H32F2N4O3/c1-16-8-9-22-21(11-16)31-24(23-19(28)12-18(13-20(23)29)25(34)30-5)33(22)15-17-7-6-10-32(14-17)26(35)36-27(2,3)4/h8-9,11-13,17H,6-7,10,14-15H2,1-5H3,(H,30,34). The van der Waals surface area contributed by atoms with Gasteiger partial charge in [0, 0.05) is 32.2 Å². The molecule has 4 rings (SSSR count). The highest BCUT2D eigenvalue weighted by atomic mass is 19.1. The highest BCUT2D eigenvalue weighted by molar-refractivity contribution is 5.94. The molecule has 1 unspecified atom stereocenters. The molecule has 1 aromatic heterocycles. The van der Waals surface area contributed by atoms with Crippen molar-refractivity contribution in [2.45, 2.75) is 52.7 Å². The van der Waals surface area contributed by atoms with Crippen LogP contribution in [0.4, 0.5) is 13.6 Å². The van der Waals surface area contributed by atoms with E-state index in [9.17, 15) is 9.59 Å². The fraction of sp³-hybridized carbons (Fsp3) is 0.444. The van der Waals surface area contributed by atoms with Crippen molar-refractivity contribution in [2.75, 3.05) is 20.1 Å². The number of rotatable bonds is 4. The minimum atomic E-state index is -0.860. The van der Waals surface area contributed by atoms with Gasteiger partial charge in [0.05, 0.1) is 16.6 Å². The van der Waals surface area contributed by atoms with Crippen LogP contribution in [-0.2, 0) is 11.3 Å². The van der Waals surface area contributed by atoms with Crippen LogP contribution in [0.5, 0.6) is 0 Å². The summed E-state index contributed by atoms with van der Waals surface area (Å²) in [5, 5.41) is 2.38. The smallest absolute Gasteiger partial charge is 0.410 e. The lowest BCUT2D eigenvalue weighted by molar-refractivity contribution is 0.0158. The van der Waals surface area contributed by atoms with Crippen LogP contribution in [-0.4, -0.2) is 52.2 Å². The fourth-order valence-electron chi connectivity index (χ4n) is 4.64. The molecule has 1 N–H and O–H groups in total. The van der Waals surface area contributed by atoms with Crippen molar-refractivity contribution in [3.63, 3.8) is 0 Å². The molecule has 3 aromatic rings. The molecule has 1 aliphatic heterocycles. The average molecular weight is 499 g/mol. The van der Waals surface area contributed by atoms with Crippen LogP contribution < -0.4 is 5.32 Å². The van der Waals surface area contributed by atoms with E-state index in [-0.39, 0.29) is 29.0 Å². The Labute approximate surface area is 209 Å². The normalized spacial score (nSPS) is 16.3. The van der Waals surface area contributed by atoms with E-state index >= 15 is 8.78 Å². The Bertz CT molecular complexity index is 1290. The van der Waals surface area contributed by atoms with E-state index < -0.39 is 23.1 Å². The molecule has 0 bridgehead atoms. The SMILES string of the molecule is CNC(=O)c1cc(F)c(-c2nc3cc(C)ccc3n2CC2CCCN(C(=O)OC(C)(C)C)C2)c(F)c1. The number of imidazole rings is 1. The minimum absolute atomic E-state index is 0.0417. The Hall–Kier alpha value is -3.49. The van der Waals surface area contributed by atoms with Gasteiger partial charge in [-0.25, -0.2) is 18.6 Å². The third-order valence-corrected chi connectivity index (χ3v) is 6.27. The number of halogens is 2. The lowest BCUT2D eigenvalue weighted by Crippen LogP contribution is -2.43. The van der Waals surface area contributed by atoms with E-state index in [1.807, 2.05) is 50.5 Å². The van der Waals surface area contributed by atoms with Crippen molar-refractivity contribution in [1.82, 2.24) is 19.8 Å². The maximum Gasteiger partial charge on any atom is 0.410 e. The maximum absolute atomic E-state index is 15.2. The summed E-state index contributed by atoms with van der Waals surface area (Å²) >= 11 is 0. The molecule has 36 heavy (non-hydrogen) atoms. The number of hydrogen-bond acceptors (Lipinski definition) is 4. The van der Waals surface area contributed by atoms with Crippen LogP contribution in [0, 0.1) is 24.5 Å². The molecule has 0 spiro atoms. The lowest BCUT2D eigenvalue weighted by atomic mass is 9.98. The zero-order valence-corrected chi connectivity index (χ0v) is 21.3. The molecule has 192 valence electrons. The molecule has 0 aliphatic carbocycles. The first kappa shape index (κ1) is 25.6. The van der Waals surface area contributed by atoms with E-state index in [1.54, 1.807) is 4.90 Å². The summed E-state index contributed by atoms with van der Waals surface area (Å²) in [6.45, 7) is 8.92. The predicted octanol–water partition coefficient (Wildman–Crippen LogP) is 5.30. The number of carbonyl (C=O) groups is 2. The summed E-state index contributed by atoms with van der Waals surface area (Å²) < 4.78 is 37.8. The van der Waals surface area contributed by atoms with Gasteiger partial charge in [0.2, 0.25) is 0 Å². The van der Waals surface area contributed by atoms with E-state index in [2.05, 4.69) is 10.3 Å². The molecule has 2 aromatic carbocycles. The maximum atomic E-state index is 15.2. The Balaban J connectivity index is 1.72. The Kier molecular flexibility index (Phi) is 7.02. The van der Waals surface area contributed by atoms with Crippen molar-refractivity contribution < 1.29 is 23.1 Å². The summed E-state index contributed by atoms with van der Waals surface area (Å²) in [5.74, 6) is -2.10. The minimum Gasteiger partial charge on any atom is -0.444 e. The number of fused-ring (bicyclic) bond motifs is 1. The van der Waals surface area contributed by atoms with Gasteiger partial charge in [0.15, 0.2) is 0 Å². The van der Waals surface area contributed by atoms with Crippen molar-refractivity contribution in [3.8, 4) is 11.4 Å². The molecule has 2 amide bonds. The third kappa shape index (κ3) is 5.34. The second kappa shape index (κ2) is 9.87. The van der Waals surface area contributed by atoms with Gasteiger partial charge in [0.1, 0.15) is 23.1 Å². The Morgan fingerprint density at radius 3 is 2.50 bits per heavy atom. The molecule has 1 fully saturated rings. The molecule has 2 heterocycles. The highest BCUT2D eigenvalue weighted by Crippen LogP contribution is 2.32. The molecular formula is C27H32F2N4O3. The summed E-state index contributed by atoms with van der Waals surface area (Å²) in [6, 6.07) is 7.75. The number of ether oxygens (including phenoxy) is 1. The van der Waals surface area contributed by atoms with Crippen LogP contribution in [0.1, 0.15) is 49.5 Å². The monoisotopic (exact) mass is 498 g/mol. The largest absolute Gasteiger partial charge is 0.444 e. The van der Waals surface area contributed by atoms with E-state index in [1.165, 1.54) is 7.05 Å². The quantitative estimate of drug-likeness (QED) is 0.530. The number of benzene rings is 2. The van der Waals surface area contributed by atoms with E-state index in [0.717, 1.165) is 36.1 Å². The Morgan fingerprint density at radius 1 is 1.17 bits per heavy atom. The second-order valence-electron chi connectivity index (χ2n) is 10.4. The molecule has 1 atom stereocenters. The van der Waals surface area contributed by atoms with Gasteiger partial charge < -0.3 is 19.5 Å². The number of aryl methyl sites for hydroxylation is 1. The van der Waals surface area contributed by atoms with E-state index in [0.29, 0.717) is 25.2 Å². The van der Waals surface area contributed by atoms with E-state index in [4.69, 9.17) is 4.74 Å². The van der Waals surface area contributed by atoms with Crippen LogP contribution in [0.15, 0.2) is 30.3 Å². The zero-order valence-electron chi connectivity index (χ0n) is 21.3. The molecule has 1 saturated heterocycles. The topological polar surface area (TPSA) is 76.5 Å². The predicted molar refractivity (Wildman–Crippen MR) is 134 cm³/mol. The summed E-state index contributed by atoms with van der Waals surface area (Å²) in [5.41, 5.74) is 1.37. The van der Waals surface area contributed by atoms with Crippen molar-refractivity contribution in [3.05, 3.63) is 53.1 Å². The second-order valence-corrected chi connectivity index (χ2v) is 10.4. The van der Waals surface area contributed by atoms with Gasteiger partial charge >= 0.3 is 6.09 Å². The van der Waals surface area contributed by atoms with Crippen molar-refractivity contribution >= 4 is 23.0 Å². The lowest BCUT2D eigenvalue weighted by Gasteiger charge is -2.34. The number of nitrogens with zero attached hydrogens (tertiary/aromatic N) is 3. The van der Waals surface area contributed by atoms with Crippen LogP contribution >= 0.6 is 0 Å². The van der Waals surface area contributed by atoms with Crippen LogP contribution in [0.2, 0.25) is 0 Å². The molecular weight excluding hydrogens is 466 g/mol. The van der Waals surface area contributed by atoms with Gasteiger partial charge in [-0.15, -0.1) is 0 Å². The van der Waals surface area contributed by atoms with Gasteiger partial charge in [-0.3, -0.25) is 4.79 Å². The first-order chi connectivity index (χ1) is 17.0. The molecule has 1 aliphatic rings. The third-order valence-electron chi connectivity index (χ3n) is 6.27. The summed E-state index contributed by atoms with van der Waals surface area (Å²) in [6.07, 6.45) is 1.29. The number of nitrogens with one attached hydrogen (secondary N) is 1. The number of hydrogen-bond donors (Lipinski definition) is 1. The molecule has 7 nitrogen and oxygen atoms in total. The number of likely N-dealkylation sites (tertiary alicyclic amines) is 1. The number of carbonyl (C=O) groups excluding carboxylic acids is 2. The highest BCUT2D eigenvalue weighted by Gasteiger charge is 2.30. The van der Waals surface area contributed by atoms with Gasteiger partial charge in [-0.1, -0.05) is 6.07 Å².